The number of anilines is 1. The number of rotatable bonds is 3. The predicted octanol–water partition coefficient (Wildman–Crippen LogP) is 3.59. The number of amides is 1. The number of hydrogen-bond acceptors (Lipinski definition) is 3. The third-order valence-corrected chi connectivity index (χ3v) is 4.64. The largest absolute Gasteiger partial charge is 0.452 e. The van der Waals surface area contributed by atoms with E-state index in [0.29, 0.717) is 17.2 Å². The molecule has 5 heteroatoms. The van der Waals surface area contributed by atoms with Gasteiger partial charge in [-0.3, -0.25) is 4.79 Å². The minimum absolute atomic E-state index is 0.0464. The number of aromatic nitrogens is 1. The van der Waals surface area contributed by atoms with Gasteiger partial charge in [0.25, 0.3) is 5.91 Å². The molecule has 0 unspecified atom stereocenters. The molecule has 0 saturated heterocycles. The van der Waals surface area contributed by atoms with Gasteiger partial charge in [-0.15, -0.1) is 0 Å². The van der Waals surface area contributed by atoms with Crippen LogP contribution in [0.2, 0.25) is 0 Å². The Bertz CT molecular complexity index is 959. The number of carbonyl (C=O) groups excluding carboxylic acids is 1. The quantitative estimate of drug-likeness (QED) is 0.734. The van der Waals surface area contributed by atoms with E-state index in [4.69, 9.17) is 4.74 Å². The average molecular weight is 335 g/mol. The molecule has 1 aliphatic rings. The van der Waals surface area contributed by atoms with E-state index in [9.17, 15) is 4.79 Å². The Morgan fingerprint density at radius 1 is 1.04 bits per heavy atom. The molecule has 0 spiro atoms. The number of benzene rings is 2. The lowest BCUT2D eigenvalue weighted by atomic mass is 10.2. The molecule has 0 atom stereocenters. The maximum atomic E-state index is 13.2. The molecular weight excluding hydrogens is 314 g/mol. The fourth-order valence-corrected chi connectivity index (χ4v) is 3.32. The molecular formula is C20H21N3O2. The van der Waals surface area contributed by atoms with Gasteiger partial charge in [-0.2, -0.15) is 0 Å². The van der Waals surface area contributed by atoms with Crippen molar-refractivity contribution in [1.82, 2.24) is 9.47 Å². The number of hydrogen-bond donors (Lipinski definition) is 0. The van der Waals surface area contributed by atoms with E-state index < -0.39 is 0 Å². The zero-order valence-electron chi connectivity index (χ0n) is 14.7. The standard InChI is InChI=1S/C20H21N3O2/c1-21(2)12-13-23-15-9-5-4-8-14(15)19-18(23)20(24)22(3)16-10-6-7-11-17(16)25-19/h4-11H,12-13H2,1-3H3. The number of likely N-dealkylation sites (N-methyl/N-ethyl adjacent to an activating group) is 1. The summed E-state index contributed by atoms with van der Waals surface area (Å²) in [5.41, 5.74) is 2.42. The fourth-order valence-electron chi connectivity index (χ4n) is 3.32. The number of nitrogens with zero attached hydrogens (tertiary/aromatic N) is 3. The lowest BCUT2D eigenvalue weighted by Gasteiger charge is -2.18. The van der Waals surface area contributed by atoms with Crippen LogP contribution in [0.3, 0.4) is 0 Å². The van der Waals surface area contributed by atoms with Crippen LogP contribution in [0.4, 0.5) is 5.69 Å². The fraction of sp³-hybridized carbons (Fsp3) is 0.250. The summed E-state index contributed by atoms with van der Waals surface area (Å²) in [5, 5.41) is 0.967. The molecule has 1 amide bonds. The molecule has 0 fully saturated rings. The van der Waals surface area contributed by atoms with Gasteiger partial charge in [0, 0.05) is 25.5 Å². The topological polar surface area (TPSA) is 37.7 Å². The Morgan fingerprint density at radius 2 is 1.76 bits per heavy atom. The smallest absolute Gasteiger partial charge is 0.278 e. The molecule has 25 heavy (non-hydrogen) atoms. The highest BCUT2D eigenvalue weighted by atomic mass is 16.5. The van der Waals surface area contributed by atoms with Gasteiger partial charge in [0.2, 0.25) is 0 Å². The van der Waals surface area contributed by atoms with Crippen LogP contribution in [-0.2, 0) is 6.54 Å². The van der Waals surface area contributed by atoms with E-state index in [1.807, 2.05) is 62.6 Å². The Hall–Kier alpha value is -2.79. The molecule has 0 saturated carbocycles. The highest BCUT2D eigenvalue weighted by Crippen LogP contribution is 2.43. The lowest BCUT2D eigenvalue weighted by molar-refractivity contribution is 0.0984. The molecule has 0 radical (unpaired) electrons. The Labute approximate surface area is 147 Å². The van der Waals surface area contributed by atoms with Crippen molar-refractivity contribution >= 4 is 22.5 Å². The van der Waals surface area contributed by atoms with Crippen LogP contribution < -0.4 is 9.64 Å². The van der Waals surface area contributed by atoms with Gasteiger partial charge >= 0.3 is 0 Å². The van der Waals surface area contributed by atoms with Crippen molar-refractivity contribution in [2.75, 3.05) is 32.6 Å². The van der Waals surface area contributed by atoms with Crippen LogP contribution in [0, 0.1) is 0 Å². The number of ether oxygens (including phenoxy) is 1. The summed E-state index contributed by atoms with van der Waals surface area (Å²) in [6.07, 6.45) is 0. The molecule has 5 nitrogen and oxygen atoms in total. The maximum absolute atomic E-state index is 13.2. The lowest BCUT2D eigenvalue weighted by Crippen LogP contribution is -2.29. The summed E-state index contributed by atoms with van der Waals surface area (Å²) in [6.45, 7) is 1.57. The summed E-state index contributed by atoms with van der Waals surface area (Å²) < 4.78 is 8.33. The summed E-state index contributed by atoms with van der Waals surface area (Å²) in [6, 6.07) is 15.7. The summed E-state index contributed by atoms with van der Waals surface area (Å²) in [7, 11) is 5.86. The van der Waals surface area contributed by atoms with E-state index >= 15 is 0 Å². The van der Waals surface area contributed by atoms with Gasteiger partial charge in [-0.05, 0) is 38.4 Å². The Balaban J connectivity index is 1.97. The van der Waals surface area contributed by atoms with Crippen LogP contribution in [0.5, 0.6) is 11.5 Å². The molecule has 128 valence electrons. The SMILES string of the molecule is CN(C)CCn1c2c(c3ccccc31)Oc1ccccc1N(C)C2=O. The second-order valence-electron chi connectivity index (χ2n) is 6.58. The second-order valence-corrected chi connectivity index (χ2v) is 6.58. The highest BCUT2D eigenvalue weighted by molar-refractivity contribution is 6.12. The molecule has 2 aromatic carbocycles. The average Bonchev–Trinajstić information content (AvgIpc) is 2.87. The van der Waals surface area contributed by atoms with Crippen molar-refractivity contribution in [3.05, 3.63) is 54.2 Å². The minimum Gasteiger partial charge on any atom is -0.452 e. The van der Waals surface area contributed by atoms with Crippen LogP contribution in [-0.4, -0.2) is 43.1 Å². The molecule has 0 bridgehead atoms. The predicted molar refractivity (Wildman–Crippen MR) is 99.7 cm³/mol. The van der Waals surface area contributed by atoms with E-state index in [2.05, 4.69) is 9.47 Å². The highest BCUT2D eigenvalue weighted by Gasteiger charge is 2.31. The molecule has 4 rings (SSSR count). The van der Waals surface area contributed by atoms with Crippen molar-refractivity contribution in [2.45, 2.75) is 6.54 Å². The molecule has 0 aliphatic carbocycles. The second kappa shape index (κ2) is 5.93. The molecule has 2 heterocycles. The van der Waals surface area contributed by atoms with Crippen molar-refractivity contribution in [1.29, 1.82) is 0 Å². The van der Waals surface area contributed by atoms with Gasteiger partial charge in [-0.25, -0.2) is 0 Å². The summed E-state index contributed by atoms with van der Waals surface area (Å²) >= 11 is 0. The normalized spacial score (nSPS) is 13.6. The van der Waals surface area contributed by atoms with Gasteiger partial charge in [-0.1, -0.05) is 24.3 Å². The molecule has 1 aromatic heterocycles. The van der Waals surface area contributed by atoms with Crippen LogP contribution in [0.1, 0.15) is 10.5 Å². The number of fused-ring (bicyclic) bond motifs is 4. The van der Waals surface area contributed by atoms with E-state index in [-0.39, 0.29) is 5.91 Å². The van der Waals surface area contributed by atoms with Crippen molar-refractivity contribution < 1.29 is 9.53 Å². The Kier molecular flexibility index (Phi) is 3.73. The van der Waals surface area contributed by atoms with E-state index in [0.717, 1.165) is 29.7 Å². The van der Waals surface area contributed by atoms with Gasteiger partial charge in [0.1, 0.15) is 0 Å². The molecule has 3 aromatic rings. The van der Waals surface area contributed by atoms with Crippen LogP contribution >= 0.6 is 0 Å². The van der Waals surface area contributed by atoms with E-state index in [1.54, 1.807) is 11.9 Å². The van der Waals surface area contributed by atoms with Crippen molar-refractivity contribution in [3.63, 3.8) is 0 Å². The third kappa shape index (κ3) is 2.48. The van der Waals surface area contributed by atoms with Crippen LogP contribution in [0.15, 0.2) is 48.5 Å². The minimum atomic E-state index is -0.0464. The zero-order valence-corrected chi connectivity index (χ0v) is 14.7. The first-order valence-corrected chi connectivity index (χ1v) is 8.39. The molecule has 1 aliphatic heterocycles. The number of carbonyl (C=O) groups is 1. The van der Waals surface area contributed by atoms with Gasteiger partial charge < -0.3 is 19.1 Å². The van der Waals surface area contributed by atoms with Gasteiger partial charge in [0.05, 0.1) is 11.2 Å². The van der Waals surface area contributed by atoms with Crippen LogP contribution in [0.25, 0.3) is 10.9 Å². The zero-order chi connectivity index (χ0) is 17.6. The first-order valence-electron chi connectivity index (χ1n) is 8.39. The summed E-state index contributed by atoms with van der Waals surface area (Å²) in [5.74, 6) is 1.30. The Morgan fingerprint density at radius 3 is 2.56 bits per heavy atom. The monoisotopic (exact) mass is 335 g/mol. The van der Waals surface area contributed by atoms with Crippen molar-refractivity contribution in [2.24, 2.45) is 0 Å². The van der Waals surface area contributed by atoms with E-state index in [1.165, 1.54) is 0 Å². The maximum Gasteiger partial charge on any atom is 0.278 e. The van der Waals surface area contributed by atoms with Gasteiger partial charge in [0.15, 0.2) is 17.2 Å². The third-order valence-electron chi connectivity index (χ3n) is 4.64. The molecule has 0 N–H and O–H groups in total. The first-order chi connectivity index (χ1) is 12.1. The summed E-state index contributed by atoms with van der Waals surface area (Å²) in [4.78, 5) is 17.0. The number of para-hydroxylation sites is 3. The van der Waals surface area contributed by atoms with Crippen molar-refractivity contribution in [3.8, 4) is 11.5 Å². The first kappa shape index (κ1) is 15.7.